The molecule has 0 aromatic heterocycles. The molecule has 0 N–H and O–H groups in total. The Balaban J connectivity index is 1.40. The van der Waals surface area contributed by atoms with Crippen molar-refractivity contribution < 1.29 is 18.9 Å². The quantitative estimate of drug-likeness (QED) is 0.428. The van der Waals surface area contributed by atoms with Gasteiger partial charge < -0.3 is 18.9 Å². The highest BCUT2D eigenvalue weighted by atomic mass is 35.5. The van der Waals surface area contributed by atoms with Gasteiger partial charge in [-0.2, -0.15) is 0 Å². The van der Waals surface area contributed by atoms with Crippen molar-refractivity contribution in [2.24, 2.45) is 5.92 Å². The summed E-state index contributed by atoms with van der Waals surface area (Å²) in [5.74, 6) is 1.02. The summed E-state index contributed by atoms with van der Waals surface area (Å²) < 4.78 is 22.5. The third-order valence-electron chi connectivity index (χ3n) is 3.73. The number of halogens is 1. The lowest BCUT2D eigenvalue weighted by Crippen LogP contribution is -2.28. The van der Waals surface area contributed by atoms with Crippen LogP contribution in [0.4, 0.5) is 0 Å². The molecule has 3 aliphatic rings. The maximum absolute atomic E-state index is 5.87. The average molecular weight is 263 g/mol. The molecule has 0 radical (unpaired) electrons. The summed E-state index contributed by atoms with van der Waals surface area (Å²) in [4.78, 5) is 0. The van der Waals surface area contributed by atoms with Crippen molar-refractivity contribution in [1.82, 2.24) is 0 Å². The van der Waals surface area contributed by atoms with E-state index in [0.717, 1.165) is 19.3 Å². The van der Waals surface area contributed by atoms with Crippen LogP contribution in [-0.4, -0.2) is 50.3 Å². The maximum Gasteiger partial charge on any atom is 0.161 e. The Morgan fingerprint density at radius 2 is 2.12 bits per heavy atom. The van der Waals surface area contributed by atoms with Crippen molar-refractivity contribution in [2.75, 3.05) is 25.7 Å². The van der Waals surface area contributed by atoms with Gasteiger partial charge in [-0.3, -0.25) is 0 Å². The zero-order valence-corrected chi connectivity index (χ0v) is 10.6. The number of ether oxygens (including phenoxy) is 4. The zero-order chi connectivity index (χ0) is 11.7. The van der Waals surface area contributed by atoms with E-state index in [0.29, 0.717) is 43.8 Å². The highest BCUT2D eigenvalue weighted by Gasteiger charge is 2.47. The number of alkyl halides is 1. The van der Waals surface area contributed by atoms with E-state index in [1.54, 1.807) is 0 Å². The summed E-state index contributed by atoms with van der Waals surface area (Å²) in [5, 5.41) is 0. The van der Waals surface area contributed by atoms with Crippen LogP contribution < -0.4 is 0 Å². The summed E-state index contributed by atoms with van der Waals surface area (Å²) >= 11 is 5.55. The van der Waals surface area contributed by atoms with Crippen molar-refractivity contribution in [3.8, 4) is 0 Å². The van der Waals surface area contributed by atoms with E-state index >= 15 is 0 Å². The van der Waals surface area contributed by atoms with Gasteiger partial charge in [-0.05, 0) is 19.3 Å². The maximum atomic E-state index is 5.87. The van der Waals surface area contributed by atoms with Gasteiger partial charge in [0.15, 0.2) is 6.29 Å². The van der Waals surface area contributed by atoms with E-state index < -0.39 is 0 Å². The normalized spacial score (nSPS) is 44.6. The molecule has 2 saturated heterocycles. The third kappa shape index (κ3) is 2.93. The fourth-order valence-electron chi connectivity index (χ4n) is 2.76. The molecule has 2 heterocycles. The zero-order valence-electron chi connectivity index (χ0n) is 9.85. The Labute approximate surface area is 106 Å². The van der Waals surface area contributed by atoms with E-state index in [-0.39, 0.29) is 12.4 Å². The minimum Gasteiger partial charge on any atom is -0.377 e. The fourth-order valence-corrected chi connectivity index (χ4v) is 2.87. The van der Waals surface area contributed by atoms with Gasteiger partial charge in [0, 0.05) is 11.8 Å². The molecule has 2 aliphatic heterocycles. The average Bonchev–Trinajstić information content (AvgIpc) is 2.98. The van der Waals surface area contributed by atoms with Crippen LogP contribution in [0.25, 0.3) is 0 Å². The number of hydrogen-bond donors (Lipinski definition) is 0. The predicted octanol–water partition coefficient (Wildman–Crippen LogP) is 1.55. The van der Waals surface area contributed by atoms with Crippen molar-refractivity contribution >= 4 is 11.6 Å². The van der Waals surface area contributed by atoms with Crippen molar-refractivity contribution in [3.05, 3.63) is 0 Å². The molecule has 0 aromatic carbocycles. The lowest BCUT2D eigenvalue weighted by molar-refractivity contribution is -0.111. The smallest absolute Gasteiger partial charge is 0.161 e. The first-order valence-corrected chi connectivity index (χ1v) is 6.96. The van der Waals surface area contributed by atoms with E-state index in [1.165, 1.54) is 0 Å². The van der Waals surface area contributed by atoms with Crippen LogP contribution >= 0.6 is 11.6 Å². The Morgan fingerprint density at radius 3 is 2.94 bits per heavy atom. The van der Waals surface area contributed by atoms with Gasteiger partial charge in [0.25, 0.3) is 0 Å². The van der Waals surface area contributed by atoms with E-state index in [1.807, 2.05) is 0 Å². The summed E-state index contributed by atoms with van der Waals surface area (Å²) in [6.45, 7) is 1.80. The van der Waals surface area contributed by atoms with Gasteiger partial charge >= 0.3 is 0 Å². The molecule has 0 bridgehead atoms. The first-order valence-electron chi connectivity index (χ1n) is 6.43. The minimum absolute atomic E-state index is 0.0512. The second kappa shape index (κ2) is 5.41. The predicted molar refractivity (Wildman–Crippen MR) is 62.2 cm³/mol. The standard InChI is InChI=1S/C12H19ClO4/c13-3-4-14-6-9-7-15-12(16-9)8-1-2-10-11(5-8)17-10/h8-12H,1-7H2/t8-,9+,10-,11+,12-/m1/s1. The molecule has 1 saturated carbocycles. The van der Waals surface area contributed by atoms with Gasteiger partial charge in [0.2, 0.25) is 0 Å². The molecule has 5 atom stereocenters. The molecule has 4 nitrogen and oxygen atoms in total. The largest absolute Gasteiger partial charge is 0.377 e. The van der Waals surface area contributed by atoms with Crippen LogP contribution in [0.15, 0.2) is 0 Å². The molecule has 17 heavy (non-hydrogen) atoms. The van der Waals surface area contributed by atoms with Crippen molar-refractivity contribution in [1.29, 1.82) is 0 Å². The van der Waals surface area contributed by atoms with Gasteiger partial charge in [0.05, 0.1) is 32.0 Å². The summed E-state index contributed by atoms with van der Waals surface area (Å²) in [6, 6.07) is 0. The van der Waals surface area contributed by atoms with E-state index in [4.69, 9.17) is 30.5 Å². The van der Waals surface area contributed by atoms with Crippen LogP contribution in [0.5, 0.6) is 0 Å². The van der Waals surface area contributed by atoms with Crippen LogP contribution in [0.3, 0.4) is 0 Å². The van der Waals surface area contributed by atoms with Gasteiger partial charge in [-0.1, -0.05) is 0 Å². The van der Waals surface area contributed by atoms with E-state index in [9.17, 15) is 0 Å². The summed E-state index contributed by atoms with van der Waals surface area (Å²) in [6.07, 6.45) is 4.44. The number of fused-ring (bicyclic) bond motifs is 1. The Morgan fingerprint density at radius 1 is 1.18 bits per heavy atom. The van der Waals surface area contributed by atoms with Crippen molar-refractivity contribution in [3.63, 3.8) is 0 Å². The van der Waals surface area contributed by atoms with Gasteiger partial charge in [0.1, 0.15) is 6.10 Å². The lowest BCUT2D eigenvalue weighted by atomic mass is 9.89. The molecular formula is C12H19ClO4. The first kappa shape index (κ1) is 12.2. The van der Waals surface area contributed by atoms with Crippen LogP contribution in [0, 0.1) is 5.92 Å². The molecule has 0 spiro atoms. The van der Waals surface area contributed by atoms with Crippen LogP contribution in [0.2, 0.25) is 0 Å². The van der Waals surface area contributed by atoms with Gasteiger partial charge in [-0.25, -0.2) is 0 Å². The molecule has 0 amide bonds. The first-order chi connectivity index (χ1) is 8.36. The molecule has 1 aliphatic carbocycles. The number of epoxide rings is 1. The second-order valence-electron chi connectivity index (χ2n) is 5.01. The third-order valence-corrected chi connectivity index (χ3v) is 3.88. The lowest BCUT2D eigenvalue weighted by Gasteiger charge is -2.24. The molecule has 3 rings (SSSR count). The fraction of sp³-hybridized carbons (Fsp3) is 1.00. The molecule has 0 aromatic rings. The molecular weight excluding hydrogens is 244 g/mol. The molecule has 0 unspecified atom stereocenters. The monoisotopic (exact) mass is 262 g/mol. The minimum atomic E-state index is -0.0512. The highest BCUT2D eigenvalue weighted by Crippen LogP contribution is 2.42. The summed E-state index contributed by atoms with van der Waals surface area (Å²) in [7, 11) is 0. The number of rotatable bonds is 5. The Bertz CT molecular complexity index is 263. The number of hydrogen-bond acceptors (Lipinski definition) is 4. The molecule has 3 fully saturated rings. The summed E-state index contributed by atoms with van der Waals surface area (Å²) in [5.41, 5.74) is 0. The topological polar surface area (TPSA) is 40.2 Å². The van der Waals surface area contributed by atoms with Crippen molar-refractivity contribution in [2.45, 2.75) is 43.9 Å². The highest BCUT2D eigenvalue weighted by molar-refractivity contribution is 6.17. The Hall–Kier alpha value is 0.130. The molecule has 5 heteroatoms. The van der Waals surface area contributed by atoms with Crippen LogP contribution in [-0.2, 0) is 18.9 Å². The molecule has 98 valence electrons. The van der Waals surface area contributed by atoms with Gasteiger partial charge in [-0.15, -0.1) is 11.6 Å². The SMILES string of the molecule is ClCCOC[C@H]1CO[C@@H]([C@@H]2CC[C@H]3O[C@H]3C2)O1. The second-order valence-corrected chi connectivity index (χ2v) is 5.39. The Kier molecular flexibility index (Phi) is 3.87. The van der Waals surface area contributed by atoms with E-state index in [2.05, 4.69) is 0 Å². The van der Waals surface area contributed by atoms with Crippen LogP contribution in [0.1, 0.15) is 19.3 Å².